The number of ether oxygens (including phenoxy) is 2. The summed E-state index contributed by atoms with van der Waals surface area (Å²) in [6.07, 6.45) is 0. The van der Waals surface area contributed by atoms with Gasteiger partial charge in [0.2, 0.25) is 5.95 Å². The summed E-state index contributed by atoms with van der Waals surface area (Å²) in [5, 5.41) is 0. The maximum absolute atomic E-state index is 11.2. The number of aromatic nitrogens is 2. The summed E-state index contributed by atoms with van der Waals surface area (Å²) in [5.41, 5.74) is 7.23. The zero-order chi connectivity index (χ0) is 13.3. The standard InChI is InChI=1S/C12H15N3O3/c1-7(16)6-15-9-5-11(18-3)10(17-2)4-8(9)14-12(15)13/h4-5H,6H2,1-3H3,(H2,13,14). The molecule has 1 aromatic carbocycles. The monoisotopic (exact) mass is 249 g/mol. The summed E-state index contributed by atoms with van der Waals surface area (Å²) in [7, 11) is 3.11. The van der Waals surface area contributed by atoms with E-state index in [1.165, 1.54) is 6.92 Å². The highest BCUT2D eigenvalue weighted by Gasteiger charge is 2.14. The van der Waals surface area contributed by atoms with Gasteiger partial charge in [-0.05, 0) is 6.92 Å². The van der Waals surface area contributed by atoms with Crippen molar-refractivity contribution in [2.45, 2.75) is 13.5 Å². The van der Waals surface area contributed by atoms with Crippen LogP contribution >= 0.6 is 0 Å². The molecule has 0 radical (unpaired) electrons. The number of ketones is 1. The first-order chi connectivity index (χ1) is 8.56. The predicted octanol–water partition coefficient (Wildman–Crippen LogP) is 1.22. The van der Waals surface area contributed by atoms with E-state index < -0.39 is 0 Å². The molecule has 0 amide bonds. The van der Waals surface area contributed by atoms with Gasteiger partial charge in [-0.3, -0.25) is 4.79 Å². The molecule has 0 spiro atoms. The number of fused-ring (bicyclic) bond motifs is 1. The van der Waals surface area contributed by atoms with Gasteiger partial charge in [0.1, 0.15) is 5.78 Å². The molecule has 2 aromatic rings. The Hall–Kier alpha value is -2.24. The van der Waals surface area contributed by atoms with E-state index in [9.17, 15) is 4.79 Å². The Kier molecular flexibility index (Phi) is 3.10. The fourth-order valence-corrected chi connectivity index (χ4v) is 1.86. The number of imidazole rings is 1. The van der Waals surface area contributed by atoms with E-state index in [1.54, 1.807) is 30.9 Å². The quantitative estimate of drug-likeness (QED) is 0.881. The van der Waals surface area contributed by atoms with Crippen LogP contribution in [0.5, 0.6) is 11.5 Å². The van der Waals surface area contributed by atoms with Gasteiger partial charge in [-0.15, -0.1) is 0 Å². The third kappa shape index (κ3) is 1.97. The van der Waals surface area contributed by atoms with Crippen LogP contribution in [0.1, 0.15) is 6.92 Å². The number of benzene rings is 1. The molecule has 0 saturated carbocycles. The Labute approximate surface area is 104 Å². The van der Waals surface area contributed by atoms with Gasteiger partial charge in [-0.2, -0.15) is 0 Å². The van der Waals surface area contributed by atoms with Crippen molar-refractivity contribution in [1.29, 1.82) is 0 Å². The van der Waals surface area contributed by atoms with Crippen LogP contribution in [-0.4, -0.2) is 29.6 Å². The molecular formula is C12H15N3O3. The van der Waals surface area contributed by atoms with Crippen molar-refractivity contribution in [3.05, 3.63) is 12.1 Å². The van der Waals surface area contributed by atoms with Gasteiger partial charge in [0, 0.05) is 12.1 Å². The van der Waals surface area contributed by atoms with Gasteiger partial charge in [-0.1, -0.05) is 0 Å². The summed E-state index contributed by atoms with van der Waals surface area (Å²) < 4.78 is 12.1. The van der Waals surface area contributed by atoms with E-state index in [0.29, 0.717) is 23.0 Å². The van der Waals surface area contributed by atoms with E-state index in [2.05, 4.69) is 4.98 Å². The number of nitrogens with zero attached hydrogens (tertiary/aromatic N) is 2. The number of carbonyl (C=O) groups excluding carboxylic acids is 1. The third-order valence-corrected chi connectivity index (χ3v) is 2.66. The molecule has 2 rings (SSSR count). The van der Waals surface area contributed by atoms with E-state index in [0.717, 1.165) is 5.52 Å². The van der Waals surface area contributed by atoms with Gasteiger partial charge < -0.3 is 19.8 Å². The lowest BCUT2D eigenvalue weighted by Crippen LogP contribution is -2.09. The number of anilines is 1. The minimum atomic E-state index is 0.00999. The third-order valence-electron chi connectivity index (χ3n) is 2.66. The molecule has 0 fully saturated rings. The lowest BCUT2D eigenvalue weighted by atomic mass is 10.2. The Morgan fingerprint density at radius 2 is 1.94 bits per heavy atom. The molecule has 96 valence electrons. The van der Waals surface area contributed by atoms with Crippen LogP contribution in [-0.2, 0) is 11.3 Å². The van der Waals surface area contributed by atoms with Gasteiger partial charge in [0.15, 0.2) is 11.5 Å². The minimum Gasteiger partial charge on any atom is -0.493 e. The van der Waals surface area contributed by atoms with E-state index in [-0.39, 0.29) is 12.3 Å². The highest BCUT2D eigenvalue weighted by atomic mass is 16.5. The van der Waals surface area contributed by atoms with Crippen molar-refractivity contribution in [3.8, 4) is 11.5 Å². The Morgan fingerprint density at radius 3 is 2.50 bits per heavy atom. The second kappa shape index (κ2) is 4.56. The van der Waals surface area contributed by atoms with Crippen LogP contribution in [0.25, 0.3) is 11.0 Å². The second-order valence-corrected chi connectivity index (χ2v) is 3.95. The smallest absolute Gasteiger partial charge is 0.201 e. The Balaban J connectivity index is 2.66. The lowest BCUT2D eigenvalue weighted by Gasteiger charge is -2.08. The van der Waals surface area contributed by atoms with Crippen LogP contribution in [0.3, 0.4) is 0 Å². The molecule has 18 heavy (non-hydrogen) atoms. The number of rotatable bonds is 4. The first-order valence-corrected chi connectivity index (χ1v) is 5.44. The maximum Gasteiger partial charge on any atom is 0.201 e. The summed E-state index contributed by atoms with van der Waals surface area (Å²) >= 11 is 0. The van der Waals surface area contributed by atoms with Crippen molar-refractivity contribution in [3.63, 3.8) is 0 Å². The number of hydrogen-bond acceptors (Lipinski definition) is 5. The number of Topliss-reactive ketones (excluding diaryl/α,β-unsaturated/α-hetero) is 1. The van der Waals surface area contributed by atoms with Gasteiger partial charge in [0.05, 0.1) is 31.8 Å². The molecule has 0 aliphatic rings. The average molecular weight is 249 g/mol. The Morgan fingerprint density at radius 1 is 1.33 bits per heavy atom. The minimum absolute atomic E-state index is 0.00999. The number of methoxy groups -OCH3 is 2. The zero-order valence-corrected chi connectivity index (χ0v) is 10.6. The molecule has 6 heteroatoms. The summed E-state index contributed by atoms with van der Waals surface area (Å²) in [4.78, 5) is 15.4. The number of nitrogens with two attached hydrogens (primary N) is 1. The van der Waals surface area contributed by atoms with E-state index in [4.69, 9.17) is 15.2 Å². The van der Waals surface area contributed by atoms with Gasteiger partial charge in [0.25, 0.3) is 0 Å². The zero-order valence-electron chi connectivity index (χ0n) is 10.6. The van der Waals surface area contributed by atoms with Crippen molar-refractivity contribution < 1.29 is 14.3 Å². The second-order valence-electron chi connectivity index (χ2n) is 3.95. The van der Waals surface area contributed by atoms with Crippen molar-refractivity contribution in [1.82, 2.24) is 9.55 Å². The molecule has 0 saturated heterocycles. The molecule has 0 aliphatic heterocycles. The maximum atomic E-state index is 11.2. The van der Waals surface area contributed by atoms with Crippen LogP contribution in [0.2, 0.25) is 0 Å². The lowest BCUT2D eigenvalue weighted by molar-refractivity contribution is -0.117. The fraction of sp³-hybridized carbons (Fsp3) is 0.333. The summed E-state index contributed by atoms with van der Waals surface area (Å²) in [6.45, 7) is 1.70. The summed E-state index contributed by atoms with van der Waals surface area (Å²) in [5.74, 6) is 1.47. The normalized spacial score (nSPS) is 10.6. The van der Waals surface area contributed by atoms with E-state index >= 15 is 0 Å². The molecule has 1 aromatic heterocycles. The van der Waals surface area contributed by atoms with Crippen molar-refractivity contribution in [2.24, 2.45) is 0 Å². The SMILES string of the molecule is COc1cc2nc(N)n(CC(C)=O)c2cc1OC. The van der Waals surface area contributed by atoms with E-state index in [1.807, 2.05) is 0 Å². The van der Waals surface area contributed by atoms with Crippen LogP contribution in [0.15, 0.2) is 12.1 Å². The van der Waals surface area contributed by atoms with Crippen LogP contribution in [0, 0.1) is 0 Å². The largest absolute Gasteiger partial charge is 0.493 e. The topological polar surface area (TPSA) is 79.4 Å². The molecule has 0 bridgehead atoms. The number of hydrogen-bond donors (Lipinski definition) is 1. The van der Waals surface area contributed by atoms with Crippen LogP contribution < -0.4 is 15.2 Å². The molecule has 1 heterocycles. The average Bonchev–Trinajstić information content (AvgIpc) is 2.63. The molecule has 0 aliphatic carbocycles. The number of carbonyl (C=O) groups is 1. The molecule has 6 nitrogen and oxygen atoms in total. The number of nitrogen functional groups attached to an aromatic ring is 1. The molecule has 2 N–H and O–H groups in total. The molecule has 0 atom stereocenters. The summed E-state index contributed by atoms with van der Waals surface area (Å²) in [6, 6.07) is 3.50. The first kappa shape index (κ1) is 12.2. The Bertz CT molecular complexity index is 604. The van der Waals surface area contributed by atoms with Crippen molar-refractivity contribution in [2.75, 3.05) is 20.0 Å². The van der Waals surface area contributed by atoms with Crippen molar-refractivity contribution >= 4 is 22.8 Å². The first-order valence-electron chi connectivity index (χ1n) is 5.44. The fourth-order valence-electron chi connectivity index (χ4n) is 1.86. The van der Waals surface area contributed by atoms with Crippen LogP contribution in [0.4, 0.5) is 5.95 Å². The van der Waals surface area contributed by atoms with Gasteiger partial charge >= 0.3 is 0 Å². The predicted molar refractivity (Wildman–Crippen MR) is 67.9 cm³/mol. The highest BCUT2D eigenvalue weighted by molar-refractivity contribution is 5.85. The molecule has 0 unspecified atom stereocenters. The highest BCUT2D eigenvalue weighted by Crippen LogP contribution is 2.32. The molecular weight excluding hydrogens is 234 g/mol. The van der Waals surface area contributed by atoms with Gasteiger partial charge in [-0.25, -0.2) is 4.98 Å².